The molecule has 0 bridgehead atoms. The Bertz CT molecular complexity index is 409. The molecule has 0 aliphatic rings. The Morgan fingerprint density at radius 1 is 1.19 bits per heavy atom. The Labute approximate surface area is 128 Å². The molecular formula is C16H27BO4. The van der Waals surface area contributed by atoms with Gasteiger partial charge in [0.1, 0.15) is 5.75 Å². The molecule has 1 rings (SSSR count). The van der Waals surface area contributed by atoms with Crippen LogP contribution in [0.15, 0.2) is 18.2 Å². The molecule has 21 heavy (non-hydrogen) atoms. The number of hydrogen-bond acceptors (Lipinski definition) is 4. The van der Waals surface area contributed by atoms with Crippen LogP contribution in [0.1, 0.15) is 51.5 Å². The minimum Gasteiger partial charge on any atom is -0.497 e. The van der Waals surface area contributed by atoms with Gasteiger partial charge in [0.25, 0.3) is 0 Å². The molecule has 1 atom stereocenters. The standard InChI is InChI=1S/C16H27BO4/c1-4-5-6-7-8-13(2)21-12-14-11-15(20-3)9-10-16(14)17(18)19/h9-11,13,18-19H,4-8,12H2,1-3H3. The first kappa shape index (κ1) is 18.0. The number of rotatable bonds is 10. The molecule has 0 saturated heterocycles. The van der Waals surface area contributed by atoms with Gasteiger partial charge in [-0.05, 0) is 36.5 Å². The predicted molar refractivity (Wildman–Crippen MR) is 85.8 cm³/mol. The van der Waals surface area contributed by atoms with E-state index in [1.807, 2.05) is 0 Å². The van der Waals surface area contributed by atoms with E-state index in [1.54, 1.807) is 25.3 Å². The molecule has 0 aromatic heterocycles. The third kappa shape index (κ3) is 6.51. The van der Waals surface area contributed by atoms with Gasteiger partial charge in [-0.3, -0.25) is 0 Å². The molecule has 0 spiro atoms. The van der Waals surface area contributed by atoms with Crippen molar-refractivity contribution in [2.75, 3.05) is 7.11 Å². The van der Waals surface area contributed by atoms with Crippen molar-refractivity contribution in [3.05, 3.63) is 23.8 Å². The van der Waals surface area contributed by atoms with E-state index in [2.05, 4.69) is 13.8 Å². The van der Waals surface area contributed by atoms with Crippen LogP contribution in [0.3, 0.4) is 0 Å². The van der Waals surface area contributed by atoms with Crippen LogP contribution in [0.5, 0.6) is 5.75 Å². The van der Waals surface area contributed by atoms with E-state index < -0.39 is 7.12 Å². The molecule has 0 saturated carbocycles. The zero-order valence-corrected chi connectivity index (χ0v) is 13.3. The third-order valence-corrected chi connectivity index (χ3v) is 3.62. The normalized spacial score (nSPS) is 12.2. The van der Waals surface area contributed by atoms with Crippen LogP contribution in [0.25, 0.3) is 0 Å². The second-order valence-corrected chi connectivity index (χ2v) is 5.41. The minimum absolute atomic E-state index is 0.164. The third-order valence-electron chi connectivity index (χ3n) is 3.62. The Hall–Kier alpha value is -1.04. The van der Waals surface area contributed by atoms with Gasteiger partial charge < -0.3 is 19.5 Å². The molecule has 0 aliphatic carbocycles. The monoisotopic (exact) mass is 294 g/mol. The van der Waals surface area contributed by atoms with Crippen molar-refractivity contribution in [2.24, 2.45) is 0 Å². The first-order chi connectivity index (χ1) is 10.1. The van der Waals surface area contributed by atoms with Crippen molar-refractivity contribution in [1.29, 1.82) is 0 Å². The van der Waals surface area contributed by atoms with E-state index in [0.29, 0.717) is 17.8 Å². The van der Waals surface area contributed by atoms with Gasteiger partial charge in [0.15, 0.2) is 0 Å². The summed E-state index contributed by atoms with van der Waals surface area (Å²) in [6.07, 6.45) is 6.10. The molecule has 0 heterocycles. The van der Waals surface area contributed by atoms with E-state index >= 15 is 0 Å². The summed E-state index contributed by atoms with van der Waals surface area (Å²) in [7, 11) is 0.0973. The lowest BCUT2D eigenvalue weighted by Crippen LogP contribution is -2.33. The van der Waals surface area contributed by atoms with E-state index in [1.165, 1.54) is 25.7 Å². The van der Waals surface area contributed by atoms with Gasteiger partial charge in [0.2, 0.25) is 0 Å². The van der Waals surface area contributed by atoms with Gasteiger partial charge in [-0.1, -0.05) is 38.7 Å². The molecule has 2 N–H and O–H groups in total. The van der Waals surface area contributed by atoms with E-state index in [-0.39, 0.29) is 6.10 Å². The number of methoxy groups -OCH3 is 1. The van der Waals surface area contributed by atoms with Gasteiger partial charge >= 0.3 is 7.12 Å². The second-order valence-electron chi connectivity index (χ2n) is 5.41. The Morgan fingerprint density at radius 2 is 1.95 bits per heavy atom. The van der Waals surface area contributed by atoms with Crippen LogP contribution < -0.4 is 10.2 Å². The summed E-state index contributed by atoms with van der Waals surface area (Å²) in [6.45, 7) is 4.62. The first-order valence-corrected chi connectivity index (χ1v) is 7.73. The lowest BCUT2D eigenvalue weighted by atomic mass is 9.77. The maximum atomic E-state index is 9.39. The summed E-state index contributed by atoms with van der Waals surface area (Å²) in [5.74, 6) is 0.689. The van der Waals surface area contributed by atoms with Crippen molar-refractivity contribution in [1.82, 2.24) is 0 Å². The maximum absolute atomic E-state index is 9.39. The lowest BCUT2D eigenvalue weighted by Gasteiger charge is -2.16. The molecule has 0 fully saturated rings. The highest BCUT2D eigenvalue weighted by Crippen LogP contribution is 2.14. The molecule has 118 valence electrons. The summed E-state index contributed by atoms with van der Waals surface area (Å²) >= 11 is 0. The molecule has 1 aromatic rings. The van der Waals surface area contributed by atoms with Gasteiger partial charge in [0.05, 0.1) is 19.8 Å². The minimum atomic E-state index is -1.49. The maximum Gasteiger partial charge on any atom is 0.488 e. The fraction of sp³-hybridized carbons (Fsp3) is 0.625. The molecule has 0 amide bonds. The largest absolute Gasteiger partial charge is 0.497 e. The van der Waals surface area contributed by atoms with Crippen molar-refractivity contribution < 1.29 is 19.5 Å². The van der Waals surface area contributed by atoms with Crippen molar-refractivity contribution in [3.63, 3.8) is 0 Å². The highest BCUT2D eigenvalue weighted by molar-refractivity contribution is 6.59. The fourth-order valence-corrected chi connectivity index (χ4v) is 2.26. The molecule has 1 unspecified atom stereocenters. The summed E-state index contributed by atoms with van der Waals surface area (Å²) < 4.78 is 11.0. The van der Waals surface area contributed by atoms with Gasteiger partial charge in [-0.15, -0.1) is 0 Å². The highest BCUT2D eigenvalue weighted by atomic mass is 16.5. The van der Waals surface area contributed by atoms with Crippen molar-refractivity contribution >= 4 is 12.6 Å². The number of ether oxygens (including phenoxy) is 2. The smallest absolute Gasteiger partial charge is 0.488 e. The van der Waals surface area contributed by atoms with Gasteiger partial charge in [-0.2, -0.15) is 0 Å². The van der Waals surface area contributed by atoms with Crippen molar-refractivity contribution in [3.8, 4) is 5.75 Å². The highest BCUT2D eigenvalue weighted by Gasteiger charge is 2.17. The average molecular weight is 294 g/mol. The molecular weight excluding hydrogens is 267 g/mol. The molecule has 0 radical (unpaired) electrons. The molecule has 4 nitrogen and oxygen atoms in total. The first-order valence-electron chi connectivity index (χ1n) is 7.73. The van der Waals surface area contributed by atoms with Crippen molar-refractivity contribution in [2.45, 2.75) is 58.7 Å². The fourth-order valence-electron chi connectivity index (χ4n) is 2.26. The average Bonchev–Trinajstić information content (AvgIpc) is 2.49. The number of benzene rings is 1. The topological polar surface area (TPSA) is 58.9 Å². The zero-order valence-electron chi connectivity index (χ0n) is 13.3. The Morgan fingerprint density at radius 3 is 2.57 bits per heavy atom. The lowest BCUT2D eigenvalue weighted by molar-refractivity contribution is 0.0461. The zero-order chi connectivity index (χ0) is 15.7. The summed E-state index contributed by atoms with van der Waals surface area (Å²) in [5, 5.41) is 18.8. The van der Waals surface area contributed by atoms with Crippen LogP contribution >= 0.6 is 0 Å². The van der Waals surface area contributed by atoms with E-state index in [9.17, 15) is 10.0 Å². The SMILES string of the molecule is CCCCCCC(C)OCc1cc(OC)ccc1B(O)O. The predicted octanol–water partition coefficient (Wildman–Crippen LogP) is 2.25. The van der Waals surface area contributed by atoms with Crippen LogP contribution in [0.4, 0.5) is 0 Å². The second kappa shape index (κ2) is 9.82. The molecule has 5 heteroatoms. The summed E-state index contributed by atoms with van der Waals surface area (Å²) in [6, 6.07) is 5.17. The number of hydrogen-bond donors (Lipinski definition) is 2. The molecule has 0 aliphatic heterocycles. The van der Waals surface area contributed by atoms with Crippen LogP contribution in [0.2, 0.25) is 0 Å². The van der Waals surface area contributed by atoms with Gasteiger partial charge in [0, 0.05) is 0 Å². The summed E-state index contributed by atoms with van der Waals surface area (Å²) in [4.78, 5) is 0. The van der Waals surface area contributed by atoms with Crippen LogP contribution in [-0.2, 0) is 11.3 Å². The van der Waals surface area contributed by atoms with E-state index in [4.69, 9.17) is 9.47 Å². The Balaban J connectivity index is 2.52. The van der Waals surface area contributed by atoms with E-state index in [0.717, 1.165) is 12.0 Å². The van der Waals surface area contributed by atoms with Crippen LogP contribution in [-0.4, -0.2) is 30.4 Å². The quantitative estimate of drug-likeness (QED) is 0.513. The van der Waals surface area contributed by atoms with Gasteiger partial charge in [-0.25, -0.2) is 0 Å². The Kier molecular flexibility index (Phi) is 8.42. The summed E-state index contributed by atoms with van der Waals surface area (Å²) in [5.41, 5.74) is 1.22. The van der Waals surface area contributed by atoms with Crippen LogP contribution in [0, 0.1) is 0 Å². The molecule has 1 aromatic carbocycles. The number of unbranched alkanes of at least 4 members (excludes halogenated alkanes) is 3.